The molecule has 1 aliphatic heterocycles. The number of aliphatic hydroxyl groups excluding tert-OH is 1. The highest BCUT2D eigenvalue weighted by atomic mass is 32.2. The van der Waals surface area contributed by atoms with Gasteiger partial charge >= 0.3 is 6.18 Å². The van der Waals surface area contributed by atoms with Crippen molar-refractivity contribution in [2.24, 2.45) is 11.3 Å². The van der Waals surface area contributed by atoms with Crippen molar-refractivity contribution in [2.75, 3.05) is 40.4 Å². The van der Waals surface area contributed by atoms with Crippen LogP contribution in [-0.4, -0.2) is 55.6 Å². The van der Waals surface area contributed by atoms with Gasteiger partial charge in [-0.05, 0) is 87.1 Å². The number of carbonyl (C=O) groups is 1. The van der Waals surface area contributed by atoms with Crippen molar-refractivity contribution in [2.45, 2.75) is 63.6 Å². The zero-order chi connectivity index (χ0) is 29.4. The Hall–Kier alpha value is -3.06. The Kier molecular flexibility index (Phi) is 8.12. The number of nitrogens with one attached hydrogen (secondary N) is 2. The molecular formula is C28H35F3N4O5S. The lowest BCUT2D eigenvalue weighted by atomic mass is 9.85. The minimum absolute atomic E-state index is 0.0182. The Morgan fingerprint density at radius 1 is 1.05 bits per heavy atom. The number of benzene rings is 1. The number of rotatable bonds is 8. The van der Waals surface area contributed by atoms with Gasteiger partial charge in [0.05, 0.1) is 35.2 Å². The highest BCUT2D eigenvalue weighted by Gasteiger charge is 2.45. The minimum atomic E-state index is -4.24. The number of alkyl halides is 3. The van der Waals surface area contributed by atoms with Crippen molar-refractivity contribution in [1.29, 1.82) is 0 Å². The second-order valence-electron chi connectivity index (χ2n) is 11.5. The molecule has 1 aromatic heterocycles. The maximum absolute atomic E-state index is 13.5. The number of hydrogen-bond donors (Lipinski definition) is 3. The van der Waals surface area contributed by atoms with E-state index in [1.165, 1.54) is 41.8 Å². The molecule has 2 aliphatic carbocycles. The monoisotopic (exact) mass is 596 g/mol. The Morgan fingerprint density at radius 3 is 2.34 bits per heavy atom. The minimum Gasteiger partial charge on any atom is -0.395 e. The second-order valence-corrected chi connectivity index (χ2v) is 13.3. The van der Waals surface area contributed by atoms with Gasteiger partial charge in [0, 0.05) is 25.3 Å². The molecule has 0 bridgehead atoms. The standard InChI is InChI=1S/C28H35F3N4O5S/c29-28(30,31)19-3-6-21(7-4-19)35-13-1-2-23(26(35)38)32-25(37)22-8-5-20(33-41(39,40)17-16-36)18-24(22)34-14-11-27(9-10-27)12-15-34/h1-2,5,8,13,18-19,21,33,36H,3-4,6-7,9-12,14-17H2,(H,32,37). The van der Waals surface area contributed by atoms with Crippen molar-refractivity contribution in [3.8, 4) is 0 Å². The number of nitrogens with zero attached hydrogens (tertiary/aromatic N) is 2. The number of aliphatic hydroxyl groups is 1. The molecule has 9 nitrogen and oxygen atoms in total. The van der Waals surface area contributed by atoms with Crippen LogP contribution in [0.5, 0.6) is 0 Å². The maximum atomic E-state index is 13.5. The first-order valence-corrected chi connectivity index (χ1v) is 15.6. The normalized spacial score (nSPS) is 22.4. The summed E-state index contributed by atoms with van der Waals surface area (Å²) < 4.78 is 67.7. The lowest BCUT2D eigenvalue weighted by molar-refractivity contribution is -0.183. The van der Waals surface area contributed by atoms with Gasteiger partial charge < -0.3 is 19.9 Å². The van der Waals surface area contributed by atoms with Crippen LogP contribution in [0.3, 0.4) is 0 Å². The molecule has 1 aromatic carbocycles. The first kappa shape index (κ1) is 29.4. The number of pyridine rings is 1. The third-order valence-electron chi connectivity index (χ3n) is 8.77. The molecule has 3 fully saturated rings. The number of piperidine rings is 1. The van der Waals surface area contributed by atoms with Crippen LogP contribution < -0.4 is 20.5 Å². The van der Waals surface area contributed by atoms with Gasteiger partial charge in [-0.1, -0.05) is 0 Å². The smallest absolute Gasteiger partial charge is 0.391 e. The molecule has 3 aliphatic rings. The SMILES string of the molecule is O=C(Nc1cccn(C2CCC(C(F)(F)F)CC2)c1=O)c1ccc(NS(=O)(=O)CCO)cc1N1CCC2(CC1)CC2. The van der Waals surface area contributed by atoms with Gasteiger partial charge in [-0.3, -0.25) is 14.3 Å². The fourth-order valence-corrected chi connectivity index (χ4v) is 6.89. The van der Waals surface area contributed by atoms with Crippen LogP contribution in [0.25, 0.3) is 0 Å². The zero-order valence-electron chi connectivity index (χ0n) is 22.6. The van der Waals surface area contributed by atoms with Crippen molar-refractivity contribution in [3.05, 3.63) is 52.4 Å². The van der Waals surface area contributed by atoms with Gasteiger partial charge in [-0.25, -0.2) is 8.42 Å². The molecule has 2 aromatic rings. The highest BCUT2D eigenvalue weighted by Crippen LogP contribution is 2.54. The van der Waals surface area contributed by atoms with Gasteiger partial charge in [0.25, 0.3) is 11.5 Å². The number of carbonyl (C=O) groups excluding carboxylic acids is 1. The summed E-state index contributed by atoms with van der Waals surface area (Å²) in [5, 5.41) is 11.8. The van der Waals surface area contributed by atoms with Crippen LogP contribution in [0.2, 0.25) is 0 Å². The Balaban J connectivity index is 1.37. The van der Waals surface area contributed by atoms with E-state index in [0.717, 1.165) is 12.8 Å². The quantitative estimate of drug-likeness (QED) is 0.413. The lowest BCUT2D eigenvalue weighted by Crippen LogP contribution is -2.36. The molecule has 0 atom stereocenters. The molecule has 13 heteroatoms. The first-order chi connectivity index (χ1) is 19.4. The fraction of sp³-hybridized carbons (Fsp3) is 0.571. The van der Waals surface area contributed by atoms with Crippen LogP contribution in [0.15, 0.2) is 41.3 Å². The summed E-state index contributed by atoms with van der Waals surface area (Å²) >= 11 is 0. The molecule has 2 saturated carbocycles. The van der Waals surface area contributed by atoms with E-state index >= 15 is 0 Å². The summed E-state index contributed by atoms with van der Waals surface area (Å²) in [5.41, 5.74) is 0.956. The second kappa shape index (κ2) is 11.3. The van der Waals surface area contributed by atoms with E-state index in [0.29, 0.717) is 24.2 Å². The van der Waals surface area contributed by atoms with Gasteiger partial charge in [-0.15, -0.1) is 0 Å². The molecule has 1 saturated heterocycles. The van der Waals surface area contributed by atoms with Gasteiger partial charge in [0.2, 0.25) is 10.0 Å². The molecule has 1 amide bonds. The molecule has 2 heterocycles. The Labute approximate surface area is 236 Å². The van der Waals surface area contributed by atoms with E-state index in [9.17, 15) is 31.2 Å². The van der Waals surface area contributed by atoms with Crippen molar-refractivity contribution >= 4 is 33.0 Å². The van der Waals surface area contributed by atoms with Gasteiger partial charge in [0.15, 0.2) is 0 Å². The fourth-order valence-electron chi connectivity index (χ4n) is 6.06. The molecular weight excluding hydrogens is 561 g/mol. The summed E-state index contributed by atoms with van der Waals surface area (Å²) in [5.74, 6) is -2.38. The van der Waals surface area contributed by atoms with Crippen LogP contribution in [0, 0.1) is 11.3 Å². The van der Waals surface area contributed by atoms with Crippen LogP contribution in [0.1, 0.15) is 67.8 Å². The summed E-state index contributed by atoms with van der Waals surface area (Å²) in [6.07, 6.45) is 1.94. The average Bonchev–Trinajstić information content (AvgIpc) is 3.68. The van der Waals surface area contributed by atoms with E-state index in [4.69, 9.17) is 5.11 Å². The van der Waals surface area contributed by atoms with E-state index in [-0.39, 0.29) is 48.7 Å². The van der Waals surface area contributed by atoms with E-state index in [1.54, 1.807) is 12.1 Å². The van der Waals surface area contributed by atoms with Crippen molar-refractivity contribution in [1.82, 2.24) is 4.57 Å². The molecule has 41 heavy (non-hydrogen) atoms. The molecule has 3 N–H and O–H groups in total. The predicted octanol–water partition coefficient (Wildman–Crippen LogP) is 4.51. The molecule has 0 unspecified atom stereocenters. The largest absolute Gasteiger partial charge is 0.395 e. The van der Waals surface area contributed by atoms with Crippen LogP contribution >= 0.6 is 0 Å². The van der Waals surface area contributed by atoms with Crippen LogP contribution in [0.4, 0.5) is 30.2 Å². The Bertz CT molecular complexity index is 1440. The summed E-state index contributed by atoms with van der Waals surface area (Å²) in [7, 11) is -3.78. The third-order valence-corrected chi connectivity index (χ3v) is 10.0. The lowest BCUT2D eigenvalue weighted by Gasteiger charge is -2.35. The highest BCUT2D eigenvalue weighted by molar-refractivity contribution is 7.92. The number of amides is 1. The van der Waals surface area contributed by atoms with Crippen molar-refractivity contribution in [3.63, 3.8) is 0 Å². The van der Waals surface area contributed by atoms with E-state index in [1.807, 2.05) is 4.90 Å². The topological polar surface area (TPSA) is 121 Å². The van der Waals surface area contributed by atoms with E-state index < -0.39 is 45.9 Å². The zero-order valence-corrected chi connectivity index (χ0v) is 23.4. The molecule has 0 radical (unpaired) electrons. The van der Waals surface area contributed by atoms with Gasteiger partial charge in [-0.2, -0.15) is 13.2 Å². The summed E-state index contributed by atoms with van der Waals surface area (Å²) in [4.78, 5) is 28.8. The number of anilines is 3. The number of halogens is 3. The van der Waals surface area contributed by atoms with Crippen molar-refractivity contribution < 1.29 is 31.5 Å². The van der Waals surface area contributed by atoms with Crippen LogP contribution in [-0.2, 0) is 10.0 Å². The Morgan fingerprint density at radius 2 is 1.73 bits per heavy atom. The molecule has 224 valence electrons. The van der Waals surface area contributed by atoms with E-state index in [2.05, 4.69) is 10.0 Å². The number of hydrogen-bond acceptors (Lipinski definition) is 6. The van der Waals surface area contributed by atoms with Gasteiger partial charge in [0.1, 0.15) is 5.69 Å². The third kappa shape index (κ3) is 6.72. The number of aromatic nitrogens is 1. The predicted molar refractivity (Wildman–Crippen MR) is 150 cm³/mol. The molecule has 1 spiro atoms. The number of sulfonamides is 1. The maximum Gasteiger partial charge on any atom is 0.391 e. The first-order valence-electron chi connectivity index (χ1n) is 14.0. The average molecular weight is 597 g/mol. The summed E-state index contributed by atoms with van der Waals surface area (Å²) in [6, 6.07) is 7.23. The molecule has 5 rings (SSSR count). The summed E-state index contributed by atoms with van der Waals surface area (Å²) in [6.45, 7) is 0.868.